The molecule has 2 aromatic carbocycles. The zero-order valence-electron chi connectivity index (χ0n) is 11.6. The van der Waals surface area contributed by atoms with Crippen LogP contribution in [-0.2, 0) is 6.42 Å². The molecular formula is C16H16F2N2O. The van der Waals surface area contributed by atoms with Crippen LogP contribution < -0.4 is 10.6 Å². The summed E-state index contributed by atoms with van der Waals surface area (Å²) >= 11 is 0. The van der Waals surface area contributed by atoms with Gasteiger partial charge >= 0.3 is 6.03 Å². The normalized spacial score (nSPS) is 10.2. The van der Waals surface area contributed by atoms with Gasteiger partial charge in [-0.1, -0.05) is 29.8 Å². The maximum absolute atomic E-state index is 13.3. The lowest BCUT2D eigenvalue weighted by Crippen LogP contribution is -2.30. The lowest BCUT2D eigenvalue weighted by Gasteiger charge is -2.08. The first kappa shape index (κ1) is 15.0. The first-order valence-electron chi connectivity index (χ1n) is 6.60. The number of anilines is 1. The lowest BCUT2D eigenvalue weighted by molar-refractivity contribution is 0.252. The number of aryl methyl sites for hydroxylation is 1. The van der Waals surface area contributed by atoms with Gasteiger partial charge in [0.25, 0.3) is 0 Å². The van der Waals surface area contributed by atoms with Gasteiger partial charge in [-0.3, -0.25) is 0 Å². The highest BCUT2D eigenvalue weighted by atomic mass is 19.1. The molecule has 0 heterocycles. The van der Waals surface area contributed by atoms with Gasteiger partial charge in [0.2, 0.25) is 0 Å². The monoisotopic (exact) mass is 290 g/mol. The van der Waals surface area contributed by atoms with Crippen molar-refractivity contribution >= 4 is 11.7 Å². The minimum absolute atomic E-state index is 0.178. The quantitative estimate of drug-likeness (QED) is 0.887. The van der Waals surface area contributed by atoms with Crippen LogP contribution >= 0.6 is 0 Å². The van der Waals surface area contributed by atoms with E-state index in [0.29, 0.717) is 13.0 Å². The van der Waals surface area contributed by atoms with E-state index >= 15 is 0 Å². The second-order valence-corrected chi connectivity index (χ2v) is 4.74. The summed E-state index contributed by atoms with van der Waals surface area (Å²) in [4.78, 5) is 11.6. The summed E-state index contributed by atoms with van der Waals surface area (Å²) in [5, 5.41) is 4.88. The molecule has 0 aliphatic carbocycles. The highest BCUT2D eigenvalue weighted by Gasteiger charge is 2.07. The van der Waals surface area contributed by atoms with Crippen LogP contribution in [0.4, 0.5) is 19.3 Å². The Morgan fingerprint density at radius 2 is 1.81 bits per heavy atom. The molecule has 0 aliphatic rings. The Kier molecular flexibility index (Phi) is 4.87. The molecule has 21 heavy (non-hydrogen) atoms. The van der Waals surface area contributed by atoms with Crippen LogP contribution in [0.25, 0.3) is 0 Å². The second kappa shape index (κ2) is 6.83. The van der Waals surface area contributed by atoms with E-state index in [1.165, 1.54) is 5.56 Å². The molecule has 0 spiro atoms. The summed E-state index contributed by atoms with van der Waals surface area (Å²) in [6.07, 6.45) is 0.666. The Morgan fingerprint density at radius 1 is 1.10 bits per heavy atom. The maximum atomic E-state index is 13.3. The molecule has 2 N–H and O–H groups in total. The van der Waals surface area contributed by atoms with E-state index < -0.39 is 17.7 Å². The van der Waals surface area contributed by atoms with E-state index in [1.807, 2.05) is 31.2 Å². The third kappa shape index (κ3) is 4.56. The third-order valence-electron chi connectivity index (χ3n) is 3.00. The number of hydrogen-bond acceptors (Lipinski definition) is 1. The van der Waals surface area contributed by atoms with Crippen molar-refractivity contribution in [3.8, 4) is 0 Å². The number of halogens is 2. The third-order valence-corrected chi connectivity index (χ3v) is 3.00. The van der Waals surface area contributed by atoms with Crippen molar-refractivity contribution in [1.82, 2.24) is 5.32 Å². The predicted octanol–water partition coefficient (Wildman–Crippen LogP) is 3.64. The van der Waals surface area contributed by atoms with E-state index in [1.54, 1.807) is 0 Å². The van der Waals surface area contributed by atoms with E-state index in [0.717, 1.165) is 23.8 Å². The standard InChI is InChI=1S/C16H16F2N2O/c1-11-2-4-12(5-3-11)8-9-19-16(21)20-15-10-13(17)6-7-14(15)18/h2-7,10H,8-9H2,1H3,(H2,19,20,21). The fourth-order valence-corrected chi connectivity index (χ4v) is 1.83. The number of nitrogens with one attached hydrogen (secondary N) is 2. The Hall–Kier alpha value is -2.43. The van der Waals surface area contributed by atoms with Crippen molar-refractivity contribution in [2.24, 2.45) is 0 Å². The number of hydrogen-bond donors (Lipinski definition) is 2. The van der Waals surface area contributed by atoms with Gasteiger partial charge < -0.3 is 10.6 Å². The molecule has 0 radical (unpaired) electrons. The van der Waals surface area contributed by atoms with Crippen LogP contribution in [-0.4, -0.2) is 12.6 Å². The number of urea groups is 1. The molecule has 0 saturated carbocycles. The van der Waals surface area contributed by atoms with Crippen molar-refractivity contribution < 1.29 is 13.6 Å². The average molecular weight is 290 g/mol. The smallest absolute Gasteiger partial charge is 0.319 e. The number of amides is 2. The molecule has 5 heteroatoms. The molecule has 0 saturated heterocycles. The summed E-state index contributed by atoms with van der Waals surface area (Å²) in [6, 6.07) is 10.3. The number of rotatable bonds is 4. The van der Waals surface area contributed by atoms with Gasteiger partial charge in [-0.2, -0.15) is 0 Å². The topological polar surface area (TPSA) is 41.1 Å². The highest BCUT2D eigenvalue weighted by Crippen LogP contribution is 2.14. The van der Waals surface area contributed by atoms with E-state index in [2.05, 4.69) is 10.6 Å². The minimum atomic E-state index is -0.676. The van der Waals surface area contributed by atoms with Gasteiger partial charge in [0, 0.05) is 12.6 Å². The average Bonchev–Trinajstić information content (AvgIpc) is 2.45. The highest BCUT2D eigenvalue weighted by molar-refractivity contribution is 5.89. The Bertz CT molecular complexity index is 627. The van der Waals surface area contributed by atoms with Gasteiger partial charge in [0.05, 0.1) is 5.69 Å². The molecule has 0 fully saturated rings. The molecule has 0 bridgehead atoms. The molecule has 0 aliphatic heterocycles. The first-order chi connectivity index (χ1) is 10.0. The number of carbonyl (C=O) groups excluding carboxylic acids is 1. The van der Waals surface area contributed by atoms with Crippen molar-refractivity contribution in [2.75, 3.05) is 11.9 Å². The van der Waals surface area contributed by atoms with Crippen LogP contribution in [0.15, 0.2) is 42.5 Å². The molecular weight excluding hydrogens is 274 g/mol. The van der Waals surface area contributed by atoms with Crippen LogP contribution in [0.5, 0.6) is 0 Å². The first-order valence-corrected chi connectivity index (χ1v) is 6.60. The Labute approximate surface area is 122 Å². The molecule has 3 nitrogen and oxygen atoms in total. The van der Waals surface area contributed by atoms with Crippen molar-refractivity contribution in [3.63, 3.8) is 0 Å². The lowest BCUT2D eigenvalue weighted by atomic mass is 10.1. The molecule has 2 aromatic rings. The van der Waals surface area contributed by atoms with E-state index in [9.17, 15) is 13.6 Å². The summed E-state index contributed by atoms with van der Waals surface area (Å²) < 4.78 is 26.3. The van der Waals surface area contributed by atoms with Crippen molar-refractivity contribution in [1.29, 1.82) is 0 Å². The SMILES string of the molecule is Cc1ccc(CCNC(=O)Nc2cc(F)ccc2F)cc1. The molecule has 110 valence electrons. The van der Waals surface area contributed by atoms with Crippen LogP contribution in [0, 0.1) is 18.6 Å². The second-order valence-electron chi connectivity index (χ2n) is 4.74. The predicted molar refractivity (Wildman–Crippen MR) is 78.3 cm³/mol. The summed E-state index contributed by atoms with van der Waals surface area (Å²) in [5.74, 6) is -1.28. The minimum Gasteiger partial charge on any atom is -0.338 e. The fourth-order valence-electron chi connectivity index (χ4n) is 1.83. The van der Waals surface area contributed by atoms with E-state index in [4.69, 9.17) is 0 Å². The van der Waals surface area contributed by atoms with Gasteiger partial charge in [-0.15, -0.1) is 0 Å². The van der Waals surface area contributed by atoms with Gasteiger partial charge in [-0.25, -0.2) is 13.6 Å². The van der Waals surface area contributed by atoms with Gasteiger partial charge in [0.15, 0.2) is 0 Å². The van der Waals surface area contributed by atoms with Crippen LogP contribution in [0.3, 0.4) is 0 Å². The molecule has 0 atom stereocenters. The largest absolute Gasteiger partial charge is 0.338 e. The van der Waals surface area contributed by atoms with Crippen LogP contribution in [0.2, 0.25) is 0 Å². The van der Waals surface area contributed by atoms with E-state index in [-0.39, 0.29) is 5.69 Å². The molecule has 0 aromatic heterocycles. The summed E-state index contributed by atoms with van der Waals surface area (Å²) in [5.41, 5.74) is 2.09. The summed E-state index contributed by atoms with van der Waals surface area (Å²) in [6.45, 7) is 2.41. The molecule has 2 amide bonds. The van der Waals surface area contributed by atoms with Gasteiger partial charge in [0.1, 0.15) is 11.6 Å². The molecule has 2 rings (SSSR count). The fraction of sp³-hybridized carbons (Fsp3) is 0.188. The Balaban J connectivity index is 1.82. The van der Waals surface area contributed by atoms with Crippen molar-refractivity contribution in [2.45, 2.75) is 13.3 Å². The number of carbonyl (C=O) groups is 1. The van der Waals surface area contributed by atoms with Crippen molar-refractivity contribution in [3.05, 3.63) is 65.2 Å². The zero-order valence-corrected chi connectivity index (χ0v) is 11.6. The molecule has 0 unspecified atom stereocenters. The summed E-state index contributed by atoms with van der Waals surface area (Å²) in [7, 11) is 0. The number of benzene rings is 2. The van der Waals surface area contributed by atoms with Gasteiger partial charge in [-0.05, 0) is 31.0 Å². The Morgan fingerprint density at radius 3 is 2.52 bits per heavy atom. The van der Waals surface area contributed by atoms with Crippen LogP contribution in [0.1, 0.15) is 11.1 Å². The maximum Gasteiger partial charge on any atom is 0.319 e. The zero-order chi connectivity index (χ0) is 15.2.